The maximum atomic E-state index is 10.6. The molecule has 3 rings (SSSR count). The molecule has 0 saturated carbocycles. The van der Waals surface area contributed by atoms with Gasteiger partial charge in [0.05, 0.1) is 13.0 Å². The van der Waals surface area contributed by atoms with Crippen LogP contribution >= 0.6 is 11.6 Å². The Morgan fingerprint density at radius 3 is 2.50 bits per heavy atom. The highest BCUT2D eigenvalue weighted by Crippen LogP contribution is 2.26. The number of hydrogen-bond acceptors (Lipinski definition) is 3. The fraction of sp³-hybridized carbons (Fsp3) is 0.276. The second-order valence-electron chi connectivity index (χ2n) is 8.44. The molecule has 2 N–H and O–H groups in total. The number of carboxylic acid groups (broad SMARTS) is 1. The van der Waals surface area contributed by atoms with Gasteiger partial charge >= 0.3 is 5.97 Å². The minimum Gasteiger partial charge on any atom is -0.494 e. The summed E-state index contributed by atoms with van der Waals surface area (Å²) in [6, 6.07) is 22.4. The number of allylic oxidation sites excluding steroid dienone is 1. The average Bonchev–Trinajstić information content (AvgIpc) is 2.82. The number of rotatable bonds is 12. The van der Waals surface area contributed by atoms with Crippen LogP contribution in [0, 0.1) is 13.8 Å². The van der Waals surface area contributed by atoms with Crippen molar-refractivity contribution in [2.75, 3.05) is 13.2 Å². The van der Waals surface area contributed by atoms with E-state index >= 15 is 0 Å². The molecule has 0 bridgehead atoms. The van der Waals surface area contributed by atoms with Gasteiger partial charge in [0.1, 0.15) is 5.75 Å². The lowest BCUT2D eigenvalue weighted by molar-refractivity contribution is -0.136. The zero-order chi connectivity index (χ0) is 24.3. The summed E-state index contributed by atoms with van der Waals surface area (Å²) in [6.07, 6.45) is 4.11. The van der Waals surface area contributed by atoms with E-state index < -0.39 is 5.97 Å². The van der Waals surface area contributed by atoms with E-state index in [4.69, 9.17) is 21.4 Å². The fourth-order valence-electron chi connectivity index (χ4n) is 3.63. The first-order valence-electron chi connectivity index (χ1n) is 11.6. The van der Waals surface area contributed by atoms with E-state index in [0.717, 1.165) is 34.7 Å². The number of nitrogens with one attached hydrogen (secondary N) is 1. The number of carboxylic acids is 1. The lowest BCUT2D eigenvalue weighted by Crippen LogP contribution is -2.17. The van der Waals surface area contributed by atoms with Crippen molar-refractivity contribution in [2.24, 2.45) is 0 Å². The van der Waals surface area contributed by atoms with Gasteiger partial charge < -0.3 is 15.2 Å². The van der Waals surface area contributed by atoms with Crippen LogP contribution in [-0.4, -0.2) is 24.2 Å². The van der Waals surface area contributed by atoms with Crippen molar-refractivity contribution < 1.29 is 14.6 Å². The van der Waals surface area contributed by atoms with E-state index in [9.17, 15) is 4.79 Å². The molecule has 0 spiro atoms. The molecule has 0 amide bonds. The lowest BCUT2D eigenvalue weighted by atomic mass is 9.97. The van der Waals surface area contributed by atoms with Crippen molar-refractivity contribution in [1.29, 1.82) is 0 Å². The Kier molecular flexibility index (Phi) is 9.75. The number of halogens is 1. The van der Waals surface area contributed by atoms with Gasteiger partial charge in [0.25, 0.3) is 0 Å². The minimum absolute atomic E-state index is 0.121. The van der Waals surface area contributed by atoms with Gasteiger partial charge in [0.15, 0.2) is 0 Å². The summed E-state index contributed by atoms with van der Waals surface area (Å²) in [5, 5.41) is 12.5. The zero-order valence-corrected chi connectivity index (χ0v) is 20.6. The van der Waals surface area contributed by atoms with Crippen molar-refractivity contribution in [3.8, 4) is 5.75 Å². The Balaban J connectivity index is 1.56. The molecule has 0 aliphatic rings. The molecule has 0 aromatic heterocycles. The molecular weight excluding hydrogens is 446 g/mol. The molecule has 178 valence electrons. The Labute approximate surface area is 207 Å². The van der Waals surface area contributed by atoms with E-state index in [2.05, 4.69) is 49.5 Å². The predicted molar refractivity (Wildman–Crippen MR) is 140 cm³/mol. The van der Waals surface area contributed by atoms with Gasteiger partial charge in [0.2, 0.25) is 0 Å². The van der Waals surface area contributed by atoms with Gasteiger partial charge in [-0.1, -0.05) is 60.1 Å². The molecule has 0 radical (unpaired) electrons. The van der Waals surface area contributed by atoms with Gasteiger partial charge in [-0.05, 0) is 84.3 Å². The molecule has 0 unspecified atom stereocenters. The van der Waals surface area contributed by atoms with Crippen LogP contribution in [0.2, 0.25) is 5.02 Å². The second-order valence-corrected chi connectivity index (χ2v) is 8.88. The molecule has 0 saturated heterocycles. The molecule has 0 fully saturated rings. The van der Waals surface area contributed by atoms with E-state index in [1.54, 1.807) is 0 Å². The molecule has 0 heterocycles. The Morgan fingerprint density at radius 1 is 1.00 bits per heavy atom. The largest absolute Gasteiger partial charge is 0.494 e. The molecule has 0 aliphatic carbocycles. The summed E-state index contributed by atoms with van der Waals surface area (Å²) < 4.78 is 5.96. The van der Waals surface area contributed by atoms with Crippen molar-refractivity contribution in [3.63, 3.8) is 0 Å². The van der Waals surface area contributed by atoms with Gasteiger partial charge in [0, 0.05) is 18.1 Å². The summed E-state index contributed by atoms with van der Waals surface area (Å²) in [4.78, 5) is 10.6. The minimum atomic E-state index is -0.793. The zero-order valence-electron chi connectivity index (χ0n) is 19.8. The number of aliphatic carboxylic acids is 1. The fourth-order valence-corrected chi connectivity index (χ4v) is 3.82. The van der Waals surface area contributed by atoms with Crippen molar-refractivity contribution in [3.05, 3.63) is 99.6 Å². The third-order valence-electron chi connectivity index (χ3n) is 5.69. The second kappa shape index (κ2) is 13.0. The summed E-state index contributed by atoms with van der Waals surface area (Å²) in [5.41, 5.74) is 7.21. The number of aryl methyl sites for hydroxylation is 2. The topological polar surface area (TPSA) is 58.6 Å². The molecule has 3 aromatic carbocycles. The number of carbonyl (C=O) groups is 1. The van der Waals surface area contributed by atoms with Crippen LogP contribution < -0.4 is 10.1 Å². The Bertz CT molecular complexity index is 1120. The van der Waals surface area contributed by atoms with Gasteiger partial charge in [-0.25, -0.2) is 0 Å². The van der Waals surface area contributed by atoms with Gasteiger partial charge in [-0.2, -0.15) is 0 Å². The van der Waals surface area contributed by atoms with E-state index in [-0.39, 0.29) is 6.42 Å². The van der Waals surface area contributed by atoms with Crippen molar-refractivity contribution in [1.82, 2.24) is 5.32 Å². The summed E-state index contributed by atoms with van der Waals surface area (Å²) in [7, 11) is 0. The highest BCUT2D eigenvalue weighted by molar-refractivity contribution is 6.30. The van der Waals surface area contributed by atoms with Crippen molar-refractivity contribution >= 4 is 29.2 Å². The monoisotopic (exact) mass is 477 g/mol. The third kappa shape index (κ3) is 8.36. The lowest BCUT2D eigenvalue weighted by Gasteiger charge is -2.11. The maximum absolute atomic E-state index is 10.6. The molecule has 34 heavy (non-hydrogen) atoms. The summed E-state index contributed by atoms with van der Waals surface area (Å²) >= 11 is 6.26. The highest BCUT2D eigenvalue weighted by Gasteiger charge is 2.05. The molecule has 3 aromatic rings. The Hall–Kier alpha value is -3.08. The van der Waals surface area contributed by atoms with Gasteiger partial charge in [-0.15, -0.1) is 0 Å². The van der Waals surface area contributed by atoms with Crippen LogP contribution in [0.5, 0.6) is 5.75 Å². The van der Waals surface area contributed by atoms with Crippen molar-refractivity contribution in [2.45, 2.75) is 39.7 Å². The normalized spacial score (nSPS) is 11.4. The molecule has 4 nitrogen and oxygen atoms in total. The number of hydrogen-bond donors (Lipinski definition) is 2. The molecule has 5 heteroatoms. The number of ether oxygens (including phenoxy) is 1. The first-order valence-corrected chi connectivity index (χ1v) is 12.0. The smallest absolute Gasteiger partial charge is 0.304 e. The van der Waals surface area contributed by atoms with Crippen LogP contribution in [0.3, 0.4) is 0 Å². The van der Waals surface area contributed by atoms with E-state index in [1.165, 1.54) is 22.3 Å². The summed E-state index contributed by atoms with van der Waals surface area (Å²) in [5.74, 6) is 0.0373. The molecular formula is C29H32ClNO3. The van der Waals surface area contributed by atoms with E-state index in [1.807, 2.05) is 42.5 Å². The predicted octanol–water partition coefficient (Wildman–Crippen LogP) is 6.92. The van der Waals surface area contributed by atoms with Crippen LogP contribution in [0.1, 0.15) is 47.1 Å². The quantitative estimate of drug-likeness (QED) is 0.219. The van der Waals surface area contributed by atoms with Crippen LogP contribution in [0.15, 0.2) is 66.7 Å². The SMILES string of the molecule is Cc1ccc(/C=C(\CCCOc2ccc(CNCCC(=O)O)cc2)c2cccc(Cl)c2)cc1C. The van der Waals surface area contributed by atoms with Crippen LogP contribution in [0.25, 0.3) is 11.6 Å². The third-order valence-corrected chi connectivity index (χ3v) is 5.93. The standard InChI is InChI=1S/C29H32ClNO3/c1-21-8-9-24(17-22(21)2)18-25(26-5-3-7-27(30)19-26)6-4-16-34-28-12-10-23(11-13-28)20-31-15-14-29(32)33/h3,5,7-13,17-19,31H,4,6,14-16,20H2,1-2H3,(H,32,33)/b25-18+. The first kappa shape index (κ1) is 25.5. The van der Waals surface area contributed by atoms with E-state index in [0.29, 0.717) is 19.7 Å². The van der Waals surface area contributed by atoms with Gasteiger partial charge in [-0.3, -0.25) is 4.79 Å². The molecule has 0 aliphatic heterocycles. The van der Waals surface area contributed by atoms with Crippen LogP contribution in [0.4, 0.5) is 0 Å². The number of benzene rings is 3. The molecule has 0 atom stereocenters. The first-order chi connectivity index (χ1) is 16.4. The van der Waals surface area contributed by atoms with Crippen LogP contribution in [-0.2, 0) is 11.3 Å². The summed E-state index contributed by atoms with van der Waals surface area (Å²) in [6.45, 7) is 5.97. The highest BCUT2D eigenvalue weighted by atomic mass is 35.5. The average molecular weight is 478 g/mol. The maximum Gasteiger partial charge on any atom is 0.304 e. The Morgan fingerprint density at radius 2 is 1.79 bits per heavy atom.